The van der Waals surface area contributed by atoms with E-state index in [1.807, 2.05) is 19.9 Å². The number of ketones is 1. The summed E-state index contributed by atoms with van der Waals surface area (Å²) < 4.78 is 11.7. The van der Waals surface area contributed by atoms with Crippen LogP contribution in [0.4, 0.5) is 0 Å². The molecule has 4 aliphatic carbocycles. The molecule has 7 atom stereocenters. The zero-order valence-electron chi connectivity index (χ0n) is 19.6. The van der Waals surface area contributed by atoms with Gasteiger partial charge in [-0.1, -0.05) is 33.3 Å². The Morgan fingerprint density at radius 2 is 1.81 bits per heavy atom. The van der Waals surface area contributed by atoms with E-state index in [1.165, 1.54) is 5.57 Å². The van der Waals surface area contributed by atoms with Crippen molar-refractivity contribution >= 4 is 17.7 Å². The summed E-state index contributed by atoms with van der Waals surface area (Å²) in [5.41, 5.74) is 1.03. The molecule has 0 aliphatic heterocycles. The summed E-state index contributed by atoms with van der Waals surface area (Å²) in [6.07, 6.45) is 9.33. The molecule has 0 radical (unpaired) electrons. The van der Waals surface area contributed by atoms with Gasteiger partial charge in [0.15, 0.2) is 5.78 Å². The summed E-state index contributed by atoms with van der Waals surface area (Å²) in [6, 6.07) is 0. The molecular weight excluding hydrogens is 392 g/mol. The van der Waals surface area contributed by atoms with E-state index in [0.29, 0.717) is 43.6 Å². The Balaban J connectivity index is 1.65. The van der Waals surface area contributed by atoms with Crippen molar-refractivity contribution < 1.29 is 23.9 Å². The molecule has 0 aromatic carbocycles. The third-order valence-corrected chi connectivity index (χ3v) is 9.40. The van der Waals surface area contributed by atoms with Crippen molar-refractivity contribution in [3.8, 4) is 0 Å². The molecule has 172 valence electrons. The molecule has 4 rings (SSSR count). The van der Waals surface area contributed by atoms with Gasteiger partial charge in [0.1, 0.15) is 12.7 Å². The number of carbonyl (C=O) groups excluding carboxylic acids is 3. The predicted molar refractivity (Wildman–Crippen MR) is 117 cm³/mol. The molecule has 0 aromatic heterocycles. The molecule has 0 aromatic rings. The van der Waals surface area contributed by atoms with Crippen LogP contribution < -0.4 is 0 Å². The minimum absolute atomic E-state index is 0.0158. The zero-order valence-corrected chi connectivity index (χ0v) is 19.6. The molecule has 0 unspecified atom stereocenters. The lowest BCUT2D eigenvalue weighted by Crippen LogP contribution is -2.56. The molecule has 0 saturated heterocycles. The fourth-order valence-electron chi connectivity index (χ4n) is 7.78. The Hall–Kier alpha value is -1.65. The first kappa shape index (κ1) is 22.5. The molecule has 0 amide bonds. The molecule has 0 bridgehead atoms. The van der Waals surface area contributed by atoms with Crippen LogP contribution in [-0.2, 0) is 23.9 Å². The van der Waals surface area contributed by atoms with Crippen LogP contribution >= 0.6 is 0 Å². The molecular formula is C26H38O5. The van der Waals surface area contributed by atoms with Crippen molar-refractivity contribution in [3.63, 3.8) is 0 Å². The summed E-state index contributed by atoms with van der Waals surface area (Å²) in [4.78, 5) is 36.6. The van der Waals surface area contributed by atoms with Crippen LogP contribution in [0.2, 0.25) is 0 Å². The van der Waals surface area contributed by atoms with Crippen LogP contribution in [0.15, 0.2) is 11.6 Å². The monoisotopic (exact) mass is 430 g/mol. The second-order valence-corrected chi connectivity index (χ2v) is 10.7. The summed E-state index contributed by atoms with van der Waals surface area (Å²) in [5, 5.41) is 0. The molecule has 5 heteroatoms. The number of carbonyl (C=O) groups is 3. The lowest BCUT2D eigenvalue weighted by molar-refractivity contribution is -0.164. The lowest BCUT2D eigenvalue weighted by atomic mass is 9.45. The largest absolute Gasteiger partial charge is 0.465 e. The summed E-state index contributed by atoms with van der Waals surface area (Å²) in [7, 11) is 0. The van der Waals surface area contributed by atoms with Gasteiger partial charge in [-0.2, -0.15) is 0 Å². The SMILES string of the molecule is CCC(=O)OC[C@@]12C(=CC(=O)C[C@@H]1C)CC[C@H]1[C@@H]3CC[C@H](OC(=O)CC)[C@@]3(C)CC[C@@H]12. The smallest absolute Gasteiger partial charge is 0.305 e. The summed E-state index contributed by atoms with van der Waals surface area (Å²) in [5.74, 6) is 1.60. The highest BCUT2D eigenvalue weighted by Gasteiger charge is 2.62. The average Bonchev–Trinajstić information content (AvgIpc) is 3.08. The maximum absolute atomic E-state index is 12.4. The molecule has 0 heterocycles. The highest BCUT2D eigenvalue weighted by atomic mass is 16.5. The van der Waals surface area contributed by atoms with Gasteiger partial charge in [-0.15, -0.1) is 0 Å². The first-order valence-corrected chi connectivity index (χ1v) is 12.3. The van der Waals surface area contributed by atoms with E-state index in [4.69, 9.17) is 9.47 Å². The van der Waals surface area contributed by atoms with Gasteiger partial charge >= 0.3 is 11.9 Å². The van der Waals surface area contributed by atoms with E-state index in [2.05, 4.69) is 13.8 Å². The number of hydrogen-bond donors (Lipinski definition) is 0. The first-order valence-electron chi connectivity index (χ1n) is 12.3. The summed E-state index contributed by atoms with van der Waals surface area (Å²) >= 11 is 0. The topological polar surface area (TPSA) is 69.7 Å². The van der Waals surface area contributed by atoms with Gasteiger partial charge in [0.05, 0.1) is 0 Å². The van der Waals surface area contributed by atoms with Crippen molar-refractivity contribution in [2.75, 3.05) is 6.61 Å². The average molecular weight is 431 g/mol. The van der Waals surface area contributed by atoms with Gasteiger partial charge in [0.25, 0.3) is 0 Å². The maximum atomic E-state index is 12.4. The van der Waals surface area contributed by atoms with E-state index in [1.54, 1.807) is 0 Å². The number of rotatable bonds is 5. The predicted octanol–water partition coefficient (Wildman–Crippen LogP) is 5.02. The highest BCUT2D eigenvalue weighted by molar-refractivity contribution is 5.92. The van der Waals surface area contributed by atoms with Crippen LogP contribution in [0.1, 0.15) is 85.5 Å². The van der Waals surface area contributed by atoms with Gasteiger partial charge in [-0.05, 0) is 68.3 Å². The van der Waals surface area contributed by atoms with Crippen molar-refractivity contribution in [2.45, 2.75) is 91.6 Å². The first-order chi connectivity index (χ1) is 14.8. The normalized spacial score (nSPS) is 41.5. The second kappa shape index (κ2) is 8.37. The maximum Gasteiger partial charge on any atom is 0.305 e. The van der Waals surface area contributed by atoms with Crippen molar-refractivity contribution in [3.05, 3.63) is 11.6 Å². The molecule has 4 aliphatic rings. The minimum atomic E-state index is -0.221. The lowest BCUT2D eigenvalue weighted by Gasteiger charge is -2.60. The quantitative estimate of drug-likeness (QED) is 0.573. The van der Waals surface area contributed by atoms with E-state index >= 15 is 0 Å². The van der Waals surface area contributed by atoms with Crippen LogP contribution in [-0.4, -0.2) is 30.4 Å². The van der Waals surface area contributed by atoms with Crippen molar-refractivity contribution in [1.82, 2.24) is 0 Å². The van der Waals surface area contributed by atoms with Crippen LogP contribution in [0, 0.1) is 34.5 Å². The molecule has 0 N–H and O–H groups in total. The Kier molecular flexibility index (Phi) is 6.08. The third kappa shape index (κ3) is 3.56. The summed E-state index contributed by atoms with van der Waals surface area (Å²) in [6.45, 7) is 8.60. The van der Waals surface area contributed by atoms with Crippen LogP contribution in [0.25, 0.3) is 0 Å². The van der Waals surface area contributed by atoms with Crippen molar-refractivity contribution in [2.24, 2.45) is 34.5 Å². The fraction of sp³-hybridized carbons (Fsp3) is 0.808. The Morgan fingerprint density at radius 1 is 1.06 bits per heavy atom. The minimum Gasteiger partial charge on any atom is -0.465 e. The zero-order chi connectivity index (χ0) is 22.4. The third-order valence-electron chi connectivity index (χ3n) is 9.40. The van der Waals surface area contributed by atoms with E-state index < -0.39 is 0 Å². The van der Waals surface area contributed by atoms with Crippen LogP contribution in [0.3, 0.4) is 0 Å². The molecule has 31 heavy (non-hydrogen) atoms. The number of fused-ring (bicyclic) bond motifs is 5. The van der Waals surface area contributed by atoms with Gasteiger partial charge in [-0.25, -0.2) is 0 Å². The molecule has 0 spiro atoms. The molecule has 5 nitrogen and oxygen atoms in total. The Labute approximate surface area is 186 Å². The van der Waals surface area contributed by atoms with Gasteiger partial charge in [0.2, 0.25) is 0 Å². The van der Waals surface area contributed by atoms with Crippen LogP contribution in [0.5, 0.6) is 0 Å². The van der Waals surface area contributed by atoms with E-state index in [0.717, 1.165) is 38.5 Å². The number of esters is 2. The van der Waals surface area contributed by atoms with Gasteiger partial charge in [-0.3, -0.25) is 14.4 Å². The molecule has 3 saturated carbocycles. The number of hydrogen-bond acceptors (Lipinski definition) is 5. The van der Waals surface area contributed by atoms with E-state index in [9.17, 15) is 14.4 Å². The van der Waals surface area contributed by atoms with Gasteiger partial charge < -0.3 is 9.47 Å². The Bertz CT molecular complexity index is 785. The Morgan fingerprint density at radius 3 is 2.52 bits per heavy atom. The van der Waals surface area contributed by atoms with E-state index in [-0.39, 0.29) is 40.6 Å². The number of ether oxygens (including phenoxy) is 2. The second-order valence-electron chi connectivity index (χ2n) is 10.7. The van der Waals surface area contributed by atoms with Crippen molar-refractivity contribution in [1.29, 1.82) is 0 Å². The van der Waals surface area contributed by atoms with Gasteiger partial charge in [0, 0.05) is 30.1 Å². The fourth-order valence-corrected chi connectivity index (χ4v) is 7.78. The highest BCUT2D eigenvalue weighted by Crippen LogP contribution is 2.66. The molecule has 3 fully saturated rings. The standard InChI is InChI=1S/C26H38O5/c1-5-23(28)30-15-26-16(3)13-18(27)14-17(26)7-8-19-20-9-10-22(31-24(29)6-2)25(20,4)12-11-21(19)26/h14,16,19-22H,5-13,15H2,1-4H3/t16-,19-,20-,21-,22-,25-,26-/m0/s1.